The van der Waals surface area contributed by atoms with Crippen molar-refractivity contribution >= 4 is 11.6 Å². The maximum absolute atomic E-state index is 5.36. The van der Waals surface area contributed by atoms with Crippen LogP contribution in [0, 0.1) is 0 Å². The molecule has 0 bridgehead atoms. The van der Waals surface area contributed by atoms with Crippen LogP contribution in [0.15, 0.2) is 0 Å². The maximum atomic E-state index is 5.36. The molecule has 1 saturated heterocycles. The normalized spacial score (nSPS) is 30.4. The van der Waals surface area contributed by atoms with E-state index < -0.39 is 5.12 Å². The van der Waals surface area contributed by atoms with Gasteiger partial charge >= 0.3 is 0 Å². The van der Waals surface area contributed by atoms with E-state index in [1.54, 1.807) is 0 Å². The fourth-order valence-corrected chi connectivity index (χ4v) is 0.430. The molecular weight excluding hydrogens is 115 g/mol. The minimum atomic E-state index is -1.14. The molecule has 1 rings (SSSR count). The van der Waals surface area contributed by atoms with Gasteiger partial charge in [-0.15, -0.1) is 0 Å². The molecule has 1 heterocycles. The fraction of sp³-hybridized carbons (Fsp3) is 1.00. The molecule has 0 aliphatic carbocycles. The highest BCUT2D eigenvalue weighted by Crippen LogP contribution is 2.20. The first-order valence-electron chi connectivity index (χ1n) is 1.99. The molecule has 0 aromatic carbocycles. The first kappa shape index (κ1) is 5.31. The average Bonchev–Trinajstić information content (AvgIpc) is 1.99. The molecule has 0 saturated carbocycles. The topological polar surface area (TPSA) is 64.6 Å². The van der Waals surface area contributed by atoms with Crippen LogP contribution in [0.5, 0.6) is 0 Å². The summed E-state index contributed by atoms with van der Waals surface area (Å²) in [5.41, 5.74) is 10.3. The van der Waals surface area contributed by atoms with Crippen LogP contribution in [0.4, 0.5) is 0 Å². The van der Waals surface area contributed by atoms with E-state index in [-0.39, 0.29) is 6.10 Å². The lowest BCUT2D eigenvalue weighted by Gasteiger charge is -2.09. The minimum Gasteiger partial charge on any atom is -0.368 e. The van der Waals surface area contributed by atoms with E-state index in [0.717, 1.165) is 0 Å². The van der Waals surface area contributed by atoms with Gasteiger partial charge in [0.05, 0.1) is 6.61 Å². The van der Waals surface area contributed by atoms with E-state index in [1.807, 2.05) is 0 Å². The summed E-state index contributed by atoms with van der Waals surface area (Å²) in [6.45, 7) is 0.594. The lowest BCUT2D eigenvalue weighted by molar-refractivity contribution is 0.355. The minimum absolute atomic E-state index is 0.130. The summed E-state index contributed by atoms with van der Waals surface area (Å²) in [5, 5.41) is -1.14. The lowest BCUT2D eigenvalue weighted by Crippen LogP contribution is -2.48. The lowest BCUT2D eigenvalue weighted by atomic mass is 10.4. The molecule has 0 amide bonds. The van der Waals surface area contributed by atoms with E-state index in [9.17, 15) is 0 Å². The predicted molar refractivity (Wildman–Crippen MR) is 26.7 cm³/mol. The number of rotatable bonds is 1. The van der Waals surface area contributed by atoms with Crippen molar-refractivity contribution in [3.8, 4) is 0 Å². The molecule has 1 aliphatic heterocycles. The van der Waals surface area contributed by atoms with Crippen LogP contribution in [0.3, 0.4) is 0 Å². The van der Waals surface area contributed by atoms with Crippen molar-refractivity contribution in [2.75, 3.05) is 6.61 Å². The van der Waals surface area contributed by atoms with Gasteiger partial charge in [0, 0.05) is 0 Å². The van der Waals surface area contributed by atoms with Gasteiger partial charge in [0.1, 0.15) is 6.10 Å². The van der Waals surface area contributed by atoms with E-state index in [4.69, 9.17) is 27.8 Å². The van der Waals surface area contributed by atoms with Gasteiger partial charge in [-0.1, -0.05) is 11.6 Å². The molecule has 0 aromatic rings. The first-order valence-corrected chi connectivity index (χ1v) is 2.37. The second-order valence-corrected chi connectivity index (χ2v) is 2.30. The van der Waals surface area contributed by atoms with Crippen LogP contribution >= 0.6 is 11.6 Å². The quantitative estimate of drug-likeness (QED) is 0.207. The monoisotopic (exact) mass is 122 g/mol. The van der Waals surface area contributed by atoms with Crippen LogP contribution in [-0.2, 0) is 4.74 Å². The zero-order valence-electron chi connectivity index (χ0n) is 3.73. The van der Waals surface area contributed by atoms with Crippen molar-refractivity contribution in [1.82, 2.24) is 0 Å². The van der Waals surface area contributed by atoms with Gasteiger partial charge in [0.15, 0.2) is 5.12 Å². The summed E-state index contributed by atoms with van der Waals surface area (Å²) < 4.78 is 4.69. The van der Waals surface area contributed by atoms with E-state index >= 15 is 0 Å². The van der Waals surface area contributed by atoms with Crippen LogP contribution in [0.25, 0.3) is 0 Å². The van der Waals surface area contributed by atoms with Crippen molar-refractivity contribution < 1.29 is 4.74 Å². The Bertz CT molecular complexity index is 75.5. The number of alkyl halides is 1. The SMILES string of the molecule is NC(N)(Cl)C1CO1. The molecule has 42 valence electrons. The number of hydrogen-bond donors (Lipinski definition) is 2. The first-order chi connectivity index (χ1) is 3.11. The highest BCUT2D eigenvalue weighted by atomic mass is 35.5. The molecule has 0 spiro atoms. The van der Waals surface area contributed by atoms with Gasteiger partial charge < -0.3 is 4.74 Å². The summed E-state index contributed by atoms with van der Waals surface area (Å²) in [5.74, 6) is 0. The number of ether oxygens (including phenoxy) is 1. The van der Waals surface area contributed by atoms with Crippen molar-refractivity contribution in [3.63, 3.8) is 0 Å². The summed E-state index contributed by atoms with van der Waals surface area (Å²) in [7, 11) is 0. The Morgan fingerprint density at radius 1 is 1.71 bits per heavy atom. The second kappa shape index (κ2) is 1.32. The van der Waals surface area contributed by atoms with E-state index in [0.29, 0.717) is 6.61 Å². The third-order valence-corrected chi connectivity index (χ3v) is 1.07. The smallest absolute Gasteiger partial charge is 0.170 e. The summed E-state index contributed by atoms with van der Waals surface area (Å²) >= 11 is 5.36. The number of hydrogen-bond acceptors (Lipinski definition) is 3. The Labute approximate surface area is 46.6 Å². The van der Waals surface area contributed by atoms with Crippen LogP contribution < -0.4 is 11.5 Å². The number of nitrogens with two attached hydrogens (primary N) is 2. The van der Waals surface area contributed by atoms with E-state index in [2.05, 4.69) is 0 Å². The van der Waals surface area contributed by atoms with Crippen molar-refractivity contribution in [3.05, 3.63) is 0 Å². The third-order valence-electron chi connectivity index (χ3n) is 0.827. The van der Waals surface area contributed by atoms with Gasteiger partial charge in [-0.05, 0) is 0 Å². The molecule has 0 aromatic heterocycles. The highest BCUT2D eigenvalue weighted by molar-refractivity contribution is 6.23. The number of halogens is 1. The Balaban J connectivity index is 2.36. The third kappa shape index (κ3) is 1.28. The molecule has 3 nitrogen and oxygen atoms in total. The molecule has 4 heteroatoms. The van der Waals surface area contributed by atoms with Crippen molar-refractivity contribution in [1.29, 1.82) is 0 Å². The Hall–Kier alpha value is 0.170. The Morgan fingerprint density at radius 3 is 2.14 bits per heavy atom. The Morgan fingerprint density at radius 2 is 2.14 bits per heavy atom. The van der Waals surface area contributed by atoms with Crippen LogP contribution in [0.2, 0.25) is 0 Å². The van der Waals surface area contributed by atoms with Crippen molar-refractivity contribution in [2.24, 2.45) is 11.5 Å². The zero-order valence-corrected chi connectivity index (χ0v) is 4.48. The van der Waals surface area contributed by atoms with Gasteiger partial charge in [-0.2, -0.15) is 0 Å². The predicted octanol–water partition coefficient (Wildman–Crippen LogP) is -0.805. The highest BCUT2D eigenvalue weighted by Gasteiger charge is 2.39. The Kier molecular flexibility index (Phi) is 1.00. The molecule has 7 heavy (non-hydrogen) atoms. The molecule has 1 atom stereocenters. The zero-order chi connectivity index (χ0) is 5.49. The molecular formula is C3H7ClN2O. The summed E-state index contributed by atoms with van der Waals surface area (Å²) in [6, 6.07) is 0. The van der Waals surface area contributed by atoms with Gasteiger partial charge in [0.2, 0.25) is 0 Å². The average molecular weight is 123 g/mol. The molecule has 0 radical (unpaired) electrons. The fourth-order valence-electron chi connectivity index (χ4n) is 0.304. The number of epoxide rings is 1. The van der Waals surface area contributed by atoms with Crippen LogP contribution in [0.1, 0.15) is 0 Å². The molecule has 4 N–H and O–H groups in total. The second-order valence-electron chi connectivity index (χ2n) is 1.65. The maximum Gasteiger partial charge on any atom is 0.170 e. The molecule has 1 fully saturated rings. The molecule has 1 unspecified atom stereocenters. The summed E-state index contributed by atoms with van der Waals surface area (Å²) in [6.07, 6.45) is -0.130. The standard InChI is InChI=1S/C3H7ClN2O/c4-3(5,6)2-1-7-2/h2H,1,5-6H2. The molecule has 1 aliphatic rings. The van der Waals surface area contributed by atoms with Gasteiger partial charge in [-0.25, -0.2) is 0 Å². The van der Waals surface area contributed by atoms with E-state index in [1.165, 1.54) is 0 Å². The largest absolute Gasteiger partial charge is 0.368 e. The van der Waals surface area contributed by atoms with Crippen molar-refractivity contribution in [2.45, 2.75) is 11.2 Å². The van der Waals surface area contributed by atoms with Gasteiger partial charge in [0.25, 0.3) is 0 Å². The summed E-state index contributed by atoms with van der Waals surface area (Å²) in [4.78, 5) is 0. The van der Waals surface area contributed by atoms with Gasteiger partial charge in [-0.3, -0.25) is 11.5 Å². The van der Waals surface area contributed by atoms with Crippen LogP contribution in [-0.4, -0.2) is 17.8 Å².